The average Bonchev–Trinajstić information content (AvgIpc) is 2.00. The molecule has 15 heavy (non-hydrogen) atoms. The molecular formula is C10H21F3N2. The van der Waals surface area contributed by atoms with Crippen molar-refractivity contribution in [3.05, 3.63) is 0 Å². The molecule has 0 aliphatic heterocycles. The Hall–Kier alpha value is -0.290. The predicted molar refractivity (Wildman–Crippen MR) is 55.9 cm³/mol. The number of nitrogens with one attached hydrogen (secondary N) is 1. The highest BCUT2D eigenvalue weighted by Gasteiger charge is 2.26. The van der Waals surface area contributed by atoms with Crippen molar-refractivity contribution in [3.8, 4) is 0 Å². The Morgan fingerprint density at radius 2 is 1.67 bits per heavy atom. The van der Waals surface area contributed by atoms with Gasteiger partial charge in [0.2, 0.25) is 0 Å². The van der Waals surface area contributed by atoms with Gasteiger partial charge in [0.25, 0.3) is 0 Å². The molecule has 0 saturated carbocycles. The van der Waals surface area contributed by atoms with Gasteiger partial charge in [-0.15, -0.1) is 0 Å². The maximum Gasteiger partial charge on any atom is 0.389 e. The molecule has 1 N–H and O–H groups in total. The molecule has 0 bridgehead atoms. The molecule has 0 aromatic heterocycles. The Bertz CT molecular complexity index is 176. The van der Waals surface area contributed by atoms with E-state index in [0.29, 0.717) is 13.1 Å². The van der Waals surface area contributed by atoms with Crippen LogP contribution in [-0.4, -0.2) is 43.8 Å². The number of alkyl halides is 3. The summed E-state index contributed by atoms with van der Waals surface area (Å²) in [6.07, 6.45) is -4.59. The molecule has 0 aromatic rings. The largest absolute Gasteiger partial charge is 0.389 e. The van der Waals surface area contributed by atoms with Crippen LogP contribution >= 0.6 is 0 Å². The Kier molecular flexibility index (Phi) is 5.59. The van der Waals surface area contributed by atoms with Crippen LogP contribution in [0.1, 0.15) is 26.7 Å². The van der Waals surface area contributed by atoms with E-state index in [0.717, 1.165) is 0 Å². The summed E-state index contributed by atoms with van der Waals surface area (Å²) in [5.41, 5.74) is -0.0295. The second-order valence-corrected chi connectivity index (χ2v) is 4.60. The van der Waals surface area contributed by atoms with Gasteiger partial charge in [-0.05, 0) is 40.9 Å². The summed E-state index contributed by atoms with van der Waals surface area (Å²) >= 11 is 0. The first-order valence-corrected chi connectivity index (χ1v) is 5.10. The second kappa shape index (κ2) is 5.70. The van der Waals surface area contributed by atoms with E-state index in [4.69, 9.17) is 0 Å². The smallest absolute Gasteiger partial charge is 0.315 e. The summed E-state index contributed by atoms with van der Waals surface area (Å²) in [5, 5.41) is 3.04. The van der Waals surface area contributed by atoms with Crippen molar-refractivity contribution >= 4 is 0 Å². The van der Waals surface area contributed by atoms with Gasteiger partial charge in [-0.25, -0.2) is 0 Å². The summed E-state index contributed by atoms with van der Waals surface area (Å²) in [6, 6.07) is 0. The molecule has 92 valence electrons. The van der Waals surface area contributed by atoms with Crippen LogP contribution in [0.25, 0.3) is 0 Å². The number of halogens is 3. The molecule has 0 amide bonds. The summed E-state index contributed by atoms with van der Waals surface area (Å²) in [5.74, 6) is 0. The molecular weight excluding hydrogens is 205 g/mol. The lowest BCUT2D eigenvalue weighted by Crippen LogP contribution is -2.46. The second-order valence-electron chi connectivity index (χ2n) is 4.60. The van der Waals surface area contributed by atoms with Gasteiger partial charge < -0.3 is 10.2 Å². The minimum atomic E-state index is -4.03. The number of likely N-dealkylation sites (N-methyl/N-ethyl adjacent to an activating group) is 1. The maximum atomic E-state index is 11.8. The zero-order chi connectivity index (χ0) is 12.1. The van der Waals surface area contributed by atoms with E-state index in [1.807, 2.05) is 32.8 Å². The molecule has 5 heteroatoms. The van der Waals surface area contributed by atoms with Crippen LogP contribution in [0.3, 0.4) is 0 Å². The molecule has 0 spiro atoms. The quantitative estimate of drug-likeness (QED) is 0.699. The fourth-order valence-corrected chi connectivity index (χ4v) is 0.966. The van der Waals surface area contributed by atoms with Crippen molar-refractivity contribution in [3.63, 3.8) is 0 Å². The van der Waals surface area contributed by atoms with Crippen molar-refractivity contribution in [2.45, 2.75) is 38.4 Å². The summed E-state index contributed by atoms with van der Waals surface area (Å²) in [4.78, 5) is 2.05. The first-order chi connectivity index (χ1) is 6.65. The van der Waals surface area contributed by atoms with Crippen molar-refractivity contribution in [2.75, 3.05) is 27.2 Å². The normalized spacial score (nSPS) is 13.6. The highest BCUT2D eigenvalue weighted by molar-refractivity contribution is 4.79. The number of rotatable bonds is 6. The van der Waals surface area contributed by atoms with Crippen molar-refractivity contribution < 1.29 is 13.2 Å². The molecule has 0 unspecified atom stereocenters. The van der Waals surface area contributed by atoms with E-state index in [1.165, 1.54) is 0 Å². The summed E-state index contributed by atoms with van der Waals surface area (Å²) < 4.78 is 35.4. The van der Waals surface area contributed by atoms with Crippen LogP contribution in [0.4, 0.5) is 13.2 Å². The maximum absolute atomic E-state index is 11.8. The molecule has 0 heterocycles. The van der Waals surface area contributed by atoms with Crippen LogP contribution in [0.2, 0.25) is 0 Å². The SMILES string of the molecule is CN(C)C(C)(C)CNCCCC(F)(F)F. The van der Waals surface area contributed by atoms with Crippen LogP contribution in [-0.2, 0) is 0 Å². The molecule has 0 atom stereocenters. The van der Waals surface area contributed by atoms with Crippen LogP contribution in [0.15, 0.2) is 0 Å². The molecule has 2 nitrogen and oxygen atoms in total. The van der Waals surface area contributed by atoms with E-state index in [-0.39, 0.29) is 12.0 Å². The first kappa shape index (κ1) is 14.7. The molecule has 0 fully saturated rings. The Balaban J connectivity index is 3.55. The molecule has 0 saturated heterocycles. The van der Waals surface area contributed by atoms with Crippen molar-refractivity contribution in [2.24, 2.45) is 0 Å². The van der Waals surface area contributed by atoms with Gasteiger partial charge in [0, 0.05) is 18.5 Å². The van der Waals surface area contributed by atoms with Gasteiger partial charge in [-0.2, -0.15) is 13.2 Å². The Morgan fingerprint density at radius 1 is 1.13 bits per heavy atom. The molecule has 0 radical (unpaired) electrons. The number of nitrogens with zero attached hydrogens (tertiary/aromatic N) is 1. The van der Waals surface area contributed by atoms with E-state index in [1.54, 1.807) is 0 Å². The zero-order valence-corrected chi connectivity index (χ0v) is 9.91. The predicted octanol–water partition coefficient (Wildman–Crippen LogP) is 2.26. The fourth-order valence-electron chi connectivity index (χ4n) is 0.966. The number of hydrogen-bond acceptors (Lipinski definition) is 2. The molecule has 0 aliphatic carbocycles. The minimum absolute atomic E-state index is 0.0295. The van der Waals surface area contributed by atoms with Gasteiger partial charge in [0.1, 0.15) is 0 Å². The summed E-state index contributed by atoms with van der Waals surface area (Å²) in [6.45, 7) is 5.20. The van der Waals surface area contributed by atoms with Crippen LogP contribution < -0.4 is 5.32 Å². The standard InChI is InChI=1S/C10H21F3N2/c1-9(2,15(3)4)8-14-7-5-6-10(11,12)13/h14H,5-8H2,1-4H3. The monoisotopic (exact) mass is 226 g/mol. The van der Waals surface area contributed by atoms with Crippen molar-refractivity contribution in [1.82, 2.24) is 10.2 Å². The first-order valence-electron chi connectivity index (χ1n) is 5.10. The average molecular weight is 226 g/mol. The highest BCUT2D eigenvalue weighted by atomic mass is 19.4. The Morgan fingerprint density at radius 3 is 2.07 bits per heavy atom. The van der Waals surface area contributed by atoms with Gasteiger partial charge in [0.15, 0.2) is 0 Å². The topological polar surface area (TPSA) is 15.3 Å². The van der Waals surface area contributed by atoms with E-state index in [9.17, 15) is 13.2 Å². The van der Waals surface area contributed by atoms with Gasteiger partial charge >= 0.3 is 6.18 Å². The van der Waals surface area contributed by atoms with Gasteiger partial charge in [-0.3, -0.25) is 0 Å². The van der Waals surface area contributed by atoms with Crippen LogP contribution in [0.5, 0.6) is 0 Å². The third kappa shape index (κ3) is 7.62. The van der Waals surface area contributed by atoms with Crippen molar-refractivity contribution in [1.29, 1.82) is 0 Å². The molecule has 0 aliphatic rings. The number of hydrogen-bond donors (Lipinski definition) is 1. The Labute approximate surface area is 89.8 Å². The molecule has 0 rings (SSSR count). The summed E-state index contributed by atoms with van der Waals surface area (Å²) in [7, 11) is 3.91. The zero-order valence-electron chi connectivity index (χ0n) is 9.91. The van der Waals surface area contributed by atoms with E-state index in [2.05, 4.69) is 5.32 Å². The van der Waals surface area contributed by atoms with E-state index >= 15 is 0 Å². The fraction of sp³-hybridized carbons (Fsp3) is 1.00. The lowest BCUT2D eigenvalue weighted by molar-refractivity contribution is -0.135. The third-order valence-electron chi connectivity index (χ3n) is 2.58. The third-order valence-corrected chi connectivity index (χ3v) is 2.58. The lowest BCUT2D eigenvalue weighted by atomic mass is 10.0. The highest BCUT2D eigenvalue weighted by Crippen LogP contribution is 2.20. The lowest BCUT2D eigenvalue weighted by Gasteiger charge is -2.32. The van der Waals surface area contributed by atoms with E-state index < -0.39 is 12.6 Å². The van der Waals surface area contributed by atoms with Crippen LogP contribution in [0, 0.1) is 0 Å². The minimum Gasteiger partial charge on any atom is -0.315 e. The molecule has 0 aromatic carbocycles. The van der Waals surface area contributed by atoms with Gasteiger partial charge in [0.05, 0.1) is 0 Å². The van der Waals surface area contributed by atoms with Gasteiger partial charge in [-0.1, -0.05) is 0 Å².